The van der Waals surface area contributed by atoms with E-state index in [1.165, 1.54) is 22.3 Å². The molecule has 3 heteroatoms. The Kier molecular flexibility index (Phi) is 2.32. The van der Waals surface area contributed by atoms with Gasteiger partial charge in [-0.05, 0) is 36.1 Å². The van der Waals surface area contributed by atoms with Gasteiger partial charge in [-0.3, -0.25) is 0 Å². The van der Waals surface area contributed by atoms with Crippen LogP contribution in [0.2, 0.25) is 0 Å². The third-order valence-corrected chi connectivity index (χ3v) is 1.82. The molecular weight excluding hydrogens is 139 g/mol. The van der Waals surface area contributed by atoms with Gasteiger partial charge in [0.05, 0.1) is 0 Å². The van der Waals surface area contributed by atoms with Gasteiger partial charge < -0.3 is 10.0 Å². The van der Waals surface area contributed by atoms with E-state index in [1.807, 2.05) is 0 Å². The highest BCUT2D eigenvalue weighted by Crippen LogP contribution is 2.39. The van der Waals surface area contributed by atoms with Crippen LogP contribution in [0.5, 0.6) is 0 Å². The Morgan fingerprint density at radius 3 is 1.55 bits per heavy atom. The lowest BCUT2D eigenvalue weighted by molar-refractivity contribution is 0.448. The molecule has 0 saturated heterocycles. The Morgan fingerprint density at radius 2 is 1.45 bits per heavy atom. The minimum atomic E-state index is -0.750. The maximum Gasteiger partial charge on any atom is 0.432 e. The standard InChI is InChI=1S/C8H8.BH3O2/c1-5-3-7-4-6(2)8(5)7;2-1-3/h3-4H,1-2H3;1-3H. The van der Waals surface area contributed by atoms with Gasteiger partial charge in [0.25, 0.3) is 0 Å². The van der Waals surface area contributed by atoms with E-state index >= 15 is 0 Å². The molecule has 0 radical (unpaired) electrons. The van der Waals surface area contributed by atoms with Crippen LogP contribution in [0.4, 0.5) is 0 Å². The molecule has 0 spiro atoms. The molecule has 0 aliphatic heterocycles. The van der Waals surface area contributed by atoms with Crippen LogP contribution in [-0.4, -0.2) is 17.7 Å². The van der Waals surface area contributed by atoms with Crippen molar-refractivity contribution in [2.24, 2.45) is 0 Å². The van der Waals surface area contributed by atoms with E-state index in [4.69, 9.17) is 10.0 Å². The lowest BCUT2D eigenvalue weighted by Gasteiger charge is -2.22. The molecule has 0 aromatic heterocycles. The van der Waals surface area contributed by atoms with Crippen molar-refractivity contribution < 1.29 is 10.0 Å². The molecule has 0 fully saturated rings. The molecule has 0 unspecified atom stereocenters. The zero-order chi connectivity index (χ0) is 8.43. The zero-order valence-electron chi connectivity index (χ0n) is 6.76. The third kappa shape index (κ3) is 1.30. The van der Waals surface area contributed by atoms with Gasteiger partial charge in [0, 0.05) is 0 Å². The van der Waals surface area contributed by atoms with Crippen LogP contribution in [0.15, 0.2) is 12.1 Å². The predicted molar refractivity (Wildman–Crippen MR) is 46.5 cm³/mol. The molecule has 2 aliphatic rings. The fourth-order valence-electron chi connectivity index (χ4n) is 1.41. The van der Waals surface area contributed by atoms with Gasteiger partial charge in [-0.1, -0.05) is 12.1 Å². The van der Waals surface area contributed by atoms with Crippen molar-refractivity contribution in [3.63, 3.8) is 0 Å². The van der Waals surface area contributed by atoms with E-state index in [1.54, 1.807) is 0 Å². The van der Waals surface area contributed by atoms with Gasteiger partial charge in [-0.2, -0.15) is 0 Å². The van der Waals surface area contributed by atoms with Gasteiger partial charge in [-0.15, -0.1) is 0 Å². The summed E-state index contributed by atoms with van der Waals surface area (Å²) in [5.74, 6) is 0. The first-order valence-corrected chi connectivity index (χ1v) is 3.54. The quantitative estimate of drug-likeness (QED) is 0.537. The lowest BCUT2D eigenvalue weighted by atomic mass is 9.82. The van der Waals surface area contributed by atoms with E-state index < -0.39 is 7.69 Å². The van der Waals surface area contributed by atoms with Gasteiger partial charge in [0.15, 0.2) is 0 Å². The van der Waals surface area contributed by atoms with Crippen LogP contribution in [0.25, 0.3) is 11.1 Å². The summed E-state index contributed by atoms with van der Waals surface area (Å²) in [5.41, 5.74) is 5.89. The van der Waals surface area contributed by atoms with Crippen molar-refractivity contribution in [2.45, 2.75) is 13.8 Å². The Morgan fingerprint density at radius 1 is 1.09 bits per heavy atom. The number of benzene rings is 1. The van der Waals surface area contributed by atoms with Crippen molar-refractivity contribution in [2.75, 3.05) is 0 Å². The predicted octanol–water partition coefficient (Wildman–Crippen LogP) is 0.521. The first kappa shape index (κ1) is 8.30. The van der Waals surface area contributed by atoms with E-state index in [9.17, 15) is 0 Å². The van der Waals surface area contributed by atoms with Crippen LogP contribution in [0.1, 0.15) is 11.1 Å². The molecule has 0 saturated carbocycles. The van der Waals surface area contributed by atoms with Gasteiger partial charge in [0.2, 0.25) is 0 Å². The zero-order valence-corrected chi connectivity index (χ0v) is 6.76. The fraction of sp³-hybridized carbons (Fsp3) is 0.250. The maximum absolute atomic E-state index is 7.12. The first-order valence-electron chi connectivity index (χ1n) is 3.54. The summed E-state index contributed by atoms with van der Waals surface area (Å²) in [6.07, 6.45) is 0. The molecule has 0 aromatic rings. The average molecular weight is 150 g/mol. The number of rotatable bonds is 0. The summed E-state index contributed by atoms with van der Waals surface area (Å²) >= 11 is 0. The maximum atomic E-state index is 7.12. The molecule has 0 bridgehead atoms. The largest absolute Gasteiger partial charge is 0.432 e. The van der Waals surface area contributed by atoms with Crippen molar-refractivity contribution in [1.29, 1.82) is 0 Å². The van der Waals surface area contributed by atoms with E-state index in [0.717, 1.165) is 0 Å². The van der Waals surface area contributed by atoms with Crippen LogP contribution in [0.3, 0.4) is 0 Å². The second-order valence-electron chi connectivity index (χ2n) is 2.63. The fourth-order valence-corrected chi connectivity index (χ4v) is 1.41. The third-order valence-electron chi connectivity index (χ3n) is 1.82. The van der Waals surface area contributed by atoms with Gasteiger partial charge in [-0.25, -0.2) is 0 Å². The summed E-state index contributed by atoms with van der Waals surface area (Å²) in [4.78, 5) is 0. The second-order valence-corrected chi connectivity index (χ2v) is 2.63. The molecule has 11 heavy (non-hydrogen) atoms. The Labute approximate surface area is 66.8 Å². The van der Waals surface area contributed by atoms with E-state index in [0.29, 0.717) is 0 Å². The van der Waals surface area contributed by atoms with Crippen molar-refractivity contribution >= 4 is 7.69 Å². The summed E-state index contributed by atoms with van der Waals surface area (Å²) in [6.45, 7) is 4.32. The summed E-state index contributed by atoms with van der Waals surface area (Å²) in [7, 11) is -0.750. The molecule has 2 aliphatic carbocycles. The number of aryl methyl sites for hydroxylation is 2. The molecule has 0 amide bonds. The molecule has 2 nitrogen and oxygen atoms in total. The monoisotopic (exact) mass is 150 g/mol. The van der Waals surface area contributed by atoms with Crippen molar-refractivity contribution in [3.8, 4) is 11.1 Å². The SMILES string of the molecule is Cc1cc2cc(C)c1-2.OBO. The van der Waals surface area contributed by atoms with E-state index in [-0.39, 0.29) is 0 Å². The minimum absolute atomic E-state index is 0.750. The number of fused-ring (bicyclic) bond motifs is 1. The summed E-state index contributed by atoms with van der Waals surface area (Å²) in [5, 5.41) is 14.2. The van der Waals surface area contributed by atoms with Gasteiger partial charge >= 0.3 is 7.69 Å². The number of hydrogen-bond donors (Lipinski definition) is 2. The van der Waals surface area contributed by atoms with Crippen molar-refractivity contribution in [3.05, 3.63) is 23.3 Å². The number of hydrogen-bond acceptors (Lipinski definition) is 2. The molecular formula is C8H11BO2. The topological polar surface area (TPSA) is 40.5 Å². The van der Waals surface area contributed by atoms with Crippen LogP contribution in [-0.2, 0) is 0 Å². The highest BCUT2D eigenvalue weighted by atomic mass is 16.4. The molecule has 0 aromatic carbocycles. The Hall–Kier alpha value is -0.795. The molecule has 2 rings (SSSR count). The van der Waals surface area contributed by atoms with Crippen LogP contribution >= 0.6 is 0 Å². The molecule has 0 atom stereocenters. The smallest absolute Gasteiger partial charge is 0.430 e. The van der Waals surface area contributed by atoms with Crippen molar-refractivity contribution in [1.82, 2.24) is 0 Å². The molecule has 2 N–H and O–H groups in total. The van der Waals surface area contributed by atoms with Crippen LogP contribution in [0, 0.1) is 13.8 Å². The minimum Gasteiger partial charge on any atom is -0.430 e. The second kappa shape index (κ2) is 3.07. The Balaban J connectivity index is 0.000000179. The van der Waals surface area contributed by atoms with Gasteiger partial charge in [0.1, 0.15) is 0 Å². The average Bonchev–Trinajstić information content (AvgIpc) is 1.86. The highest BCUT2D eigenvalue weighted by molar-refractivity contribution is 6.13. The lowest BCUT2D eigenvalue weighted by Crippen LogP contribution is -1.99. The normalized spacial score (nSPS) is 9.82. The molecule has 58 valence electrons. The first-order chi connectivity index (χ1) is 5.20. The van der Waals surface area contributed by atoms with Crippen LogP contribution < -0.4 is 0 Å². The highest BCUT2D eigenvalue weighted by Gasteiger charge is 2.16. The Bertz CT molecular complexity index is 248. The summed E-state index contributed by atoms with van der Waals surface area (Å²) in [6, 6.07) is 4.45. The molecule has 0 heterocycles. The summed E-state index contributed by atoms with van der Waals surface area (Å²) < 4.78 is 0. The van der Waals surface area contributed by atoms with E-state index in [2.05, 4.69) is 26.0 Å².